The third-order valence-electron chi connectivity index (χ3n) is 2.00. The molecule has 0 radical (unpaired) electrons. The second kappa shape index (κ2) is 4.06. The Kier molecular flexibility index (Phi) is 2.59. The Morgan fingerprint density at radius 3 is 2.81 bits per heavy atom. The van der Waals surface area contributed by atoms with Gasteiger partial charge in [-0.1, -0.05) is 0 Å². The fraction of sp³-hybridized carbons (Fsp3) is 0. The molecule has 4 nitrogen and oxygen atoms in total. The number of nitrogens with zero attached hydrogens (tertiary/aromatic N) is 2. The van der Waals surface area contributed by atoms with Crippen LogP contribution in [0.5, 0.6) is 0 Å². The number of rotatable bonds is 2. The predicted octanol–water partition coefficient (Wildman–Crippen LogP) is 1.98. The van der Waals surface area contributed by atoms with Crippen LogP contribution in [0.15, 0.2) is 36.7 Å². The largest absolute Gasteiger partial charge is 0.478 e. The van der Waals surface area contributed by atoms with Crippen molar-refractivity contribution in [3.8, 4) is 11.3 Å². The first-order valence-corrected chi connectivity index (χ1v) is 4.48. The minimum atomic E-state index is -1.19. The van der Waals surface area contributed by atoms with E-state index in [1.54, 1.807) is 18.3 Å². The third-order valence-corrected chi connectivity index (χ3v) is 2.00. The minimum absolute atomic E-state index is 0.133. The van der Waals surface area contributed by atoms with Crippen LogP contribution in [0.2, 0.25) is 0 Å². The minimum Gasteiger partial charge on any atom is -0.478 e. The molecule has 0 aliphatic heterocycles. The summed E-state index contributed by atoms with van der Waals surface area (Å²) in [4.78, 5) is 18.2. The highest BCUT2D eigenvalue weighted by Gasteiger charge is 2.09. The Bertz CT molecular complexity index is 529. The van der Waals surface area contributed by atoms with Crippen molar-refractivity contribution in [2.75, 3.05) is 0 Å². The summed E-state index contributed by atoms with van der Waals surface area (Å²) >= 11 is 0. The van der Waals surface area contributed by atoms with Gasteiger partial charge in [-0.15, -0.1) is 0 Å². The van der Waals surface area contributed by atoms with E-state index in [9.17, 15) is 9.18 Å². The Morgan fingerprint density at radius 1 is 1.38 bits per heavy atom. The SMILES string of the molecule is O=C(O)c1cc(F)nc(-c2cccnc2)c1. The number of aromatic carboxylic acids is 1. The molecular weight excluding hydrogens is 211 g/mol. The summed E-state index contributed by atoms with van der Waals surface area (Å²) in [5.41, 5.74) is 0.696. The molecule has 2 aromatic rings. The van der Waals surface area contributed by atoms with Crippen LogP contribution in [0.4, 0.5) is 4.39 Å². The molecule has 0 bridgehead atoms. The Labute approximate surface area is 90.4 Å². The zero-order valence-corrected chi connectivity index (χ0v) is 8.09. The molecule has 1 N–H and O–H groups in total. The number of carboxylic acids is 1. The summed E-state index contributed by atoms with van der Waals surface area (Å²) in [6.45, 7) is 0. The van der Waals surface area contributed by atoms with E-state index in [-0.39, 0.29) is 11.3 Å². The average Bonchev–Trinajstić information content (AvgIpc) is 2.29. The number of carbonyl (C=O) groups is 1. The van der Waals surface area contributed by atoms with Gasteiger partial charge < -0.3 is 5.11 Å². The first-order valence-electron chi connectivity index (χ1n) is 4.48. The molecule has 0 unspecified atom stereocenters. The quantitative estimate of drug-likeness (QED) is 0.783. The summed E-state index contributed by atoms with van der Waals surface area (Å²) in [7, 11) is 0. The van der Waals surface area contributed by atoms with Gasteiger partial charge in [0.25, 0.3) is 0 Å². The van der Waals surface area contributed by atoms with Gasteiger partial charge in [-0.3, -0.25) is 4.98 Å². The molecule has 0 fully saturated rings. The molecule has 0 atom stereocenters. The van der Waals surface area contributed by atoms with Crippen LogP contribution < -0.4 is 0 Å². The highest BCUT2D eigenvalue weighted by molar-refractivity contribution is 5.88. The fourth-order valence-corrected chi connectivity index (χ4v) is 1.28. The van der Waals surface area contributed by atoms with E-state index in [1.165, 1.54) is 12.3 Å². The van der Waals surface area contributed by atoms with Crippen molar-refractivity contribution >= 4 is 5.97 Å². The summed E-state index contributed by atoms with van der Waals surface area (Å²) in [5, 5.41) is 8.77. The van der Waals surface area contributed by atoms with Crippen molar-refractivity contribution in [3.63, 3.8) is 0 Å². The molecule has 80 valence electrons. The van der Waals surface area contributed by atoms with Crippen LogP contribution in [0, 0.1) is 5.95 Å². The van der Waals surface area contributed by atoms with Crippen LogP contribution in [0.1, 0.15) is 10.4 Å². The monoisotopic (exact) mass is 218 g/mol. The standard InChI is InChI=1S/C11H7FN2O2/c12-10-5-8(11(15)16)4-9(14-10)7-2-1-3-13-6-7/h1-6H,(H,15,16). The topological polar surface area (TPSA) is 63.1 Å². The number of aromatic nitrogens is 2. The van der Waals surface area contributed by atoms with E-state index in [4.69, 9.17) is 5.11 Å². The molecule has 2 heterocycles. The molecule has 0 spiro atoms. The third kappa shape index (κ3) is 2.03. The number of halogens is 1. The van der Waals surface area contributed by atoms with Gasteiger partial charge in [0.05, 0.1) is 11.3 Å². The van der Waals surface area contributed by atoms with E-state index in [1.807, 2.05) is 0 Å². The summed E-state index contributed by atoms with van der Waals surface area (Å²) in [6, 6.07) is 5.54. The van der Waals surface area contributed by atoms with Crippen LogP contribution in [0.25, 0.3) is 11.3 Å². The van der Waals surface area contributed by atoms with Crippen LogP contribution in [0.3, 0.4) is 0 Å². The smallest absolute Gasteiger partial charge is 0.335 e. The highest BCUT2D eigenvalue weighted by Crippen LogP contribution is 2.17. The zero-order chi connectivity index (χ0) is 11.5. The lowest BCUT2D eigenvalue weighted by atomic mass is 10.1. The lowest BCUT2D eigenvalue weighted by molar-refractivity contribution is 0.0696. The van der Waals surface area contributed by atoms with Gasteiger partial charge in [0.1, 0.15) is 0 Å². The van der Waals surface area contributed by atoms with E-state index in [2.05, 4.69) is 9.97 Å². The lowest BCUT2D eigenvalue weighted by Crippen LogP contribution is -2.00. The molecule has 0 amide bonds. The molecule has 16 heavy (non-hydrogen) atoms. The molecular formula is C11H7FN2O2. The van der Waals surface area contributed by atoms with Crippen LogP contribution in [-0.2, 0) is 0 Å². The van der Waals surface area contributed by atoms with Gasteiger partial charge >= 0.3 is 5.97 Å². The van der Waals surface area contributed by atoms with Crippen molar-refractivity contribution in [2.45, 2.75) is 0 Å². The van der Waals surface area contributed by atoms with E-state index in [0.717, 1.165) is 6.07 Å². The maximum absolute atomic E-state index is 13.1. The second-order valence-electron chi connectivity index (χ2n) is 3.11. The summed E-state index contributed by atoms with van der Waals surface area (Å²) in [6.07, 6.45) is 3.06. The second-order valence-corrected chi connectivity index (χ2v) is 3.11. The van der Waals surface area contributed by atoms with Crippen molar-refractivity contribution in [1.29, 1.82) is 0 Å². The maximum Gasteiger partial charge on any atom is 0.335 e. The molecule has 2 aromatic heterocycles. The molecule has 0 aromatic carbocycles. The van der Waals surface area contributed by atoms with Gasteiger partial charge in [-0.2, -0.15) is 4.39 Å². The molecule has 5 heteroatoms. The van der Waals surface area contributed by atoms with Gasteiger partial charge in [0.2, 0.25) is 5.95 Å². The van der Waals surface area contributed by atoms with Crippen molar-refractivity contribution < 1.29 is 14.3 Å². The van der Waals surface area contributed by atoms with Crippen LogP contribution in [-0.4, -0.2) is 21.0 Å². The van der Waals surface area contributed by atoms with Crippen LogP contribution >= 0.6 is 0 Å². The van der Waals surface area contributed by atoms with Gasteiger partial charge in [-0.05, 0) is 18.2 Å². The van der Waals surface area contributed by atoms with E-state index >= 15 is 0 Å². The Hall–Kier alpha value is -2.30. The number of hydrogen-bond acceptors (Lipinski definition) is 3. The summed E-state index contributed by atoms with van der Waals surface area (Å²) in [5.74, 6) is -2.01. The van der Waals surface area contributed by atoms with Crippen molar-refractivity contribution in [2.24, 2.45) is 0 Å². The number of hydrogen-bond donors (Lipinski definition) is 1. The Balaban J connectivity index is 2.54. The molecule has 0 saturated carbocycles. The first kappa shape index (κ1) is 10.2. The number of carboxylic acid groups (broad SMARTS) is 1. The summed E-state index contributed by atoms with van der Waals surface area (Å²) < 4.78 is 13.1. The Morgan fingerprint density at radius 2 is 2.19 bits per heavy atom. The lowest BCUT2D eigenvalue weighted by Gasteiger charge is -2.01. The first-order chi connectivity index (χ1) is 7.66. The maximum atomic E-state index is 13.1. The molecule has 2 rings (SSSR count). The van der Waals surface area contributed by atoms with E-state index in [0.29, 0.717) is 5.56 Å². The molecule has 0 saturated heterocycles. The highest BCUT2D eigenvalue weighted by atomic mass is 19.1. The number of pyridine rings is 2. The van der Waals surface area contributed by atoms with Crippen molar-refractivity contribution in [3.05, 3.63) is 48.2 Å². The van der Waals surface area contributed by atoms with Gasteiger partial charge in [0.15, 0.2) is 0 Å². The van der Waals surface area contributed by atoms with E-state index < -0.39 is 11.9 Å². The van der Waals surface area contributed by atoms with Crippen molar-refractivity contribution in [1.82, 2.24) is 9.97 Å². The molecule has 0 aliphatic carbocycles. The fourth-order valence-electron chi connectivity index (χ4n) is 1.28. The van der Waals surface area contributed by atoms with Gasteiger partial charge in [-0.25, -0.2) is 9.78 Å². The van der Waals surface area contributed by atoms with Gasteiger partial charge in [0, 0.05) is 24.0 Å². The normalized spacial score (nSPS) is 10.1. The molecule has 0 aliphatic rings. The zero-order valence-electron chi connectivity index (χ0n) is 8.09. The predicted molar refractivity (Wildman–Crippen MR) is 54.4 cm³/mol. The average molecular weight is 218 g/mol.